The van der Waals surface area contributed by atoms with Crippen molar-refractivity contribution in [2.24, 2.45) is 5.92 Å². The van der Waals surface area contributed by atoms with Crippen LogP contribution in [-0.4, -0.2) is 5.91 Å². The van der Waals surface area contributed by atoms with Crippen molar-refractivity contribution >= 4 is 11.6 Å². The van der Waals surface area contributed by atoms with Gasteiger partial charge in [-0.1, -0.05) is 12.8 Å². The van der Waals surface area contributed by atoms with Crippen molar-refractivity contribution in [1.29, 1.82) is 5.26 Å². The number of anilines is 1. The summed E-state index contributed by atoms with van der Waals surface area (Å²) in [7, 11) is 0. The van der Waals surface area contributed by atoms with Gasteiger partial charge in [0.2, 0.25) is 5.91 Å². The van der Waals surface area contributed by atoms with Gasteiger partial charge in [-0.05, 0) is 37.0 Å². The van der Waals surface area contributed by atoms with E-state index in [1.54, 1.807) is 0 Å². The highest BCUT2D eigenvalue weighted by Crippen LogP contribution is 2.28. The van der Waals surface area contributed by atoms with E-state index in [0.29, 0.717) is 12.3 Å². The van der Waals surface area contributed by atoms with Gasteiger partial charge in [0.15, 0.2) is 0 Å². The Bertz CT molecular complexity index is 487. The summed E-state index contributed by atoms with van der Waals surface area (Å²) in [6, 6.07) is 5.91. The summed E-state index contributed by atoms with van der Waals surface area (Å²) in [5, 5.41) is 11.2. The molecule has 94 valence electrons. The van der Waals surface area contributed by atoms with Crippen LogP contribution in [0.15, 0.2) is 18.2 Å². The summed E-state index contributed by atoms with van der Waals surface area (Å²) >= 11 is 0. The molecule has 0 atom stereocenters. The van der Waals surface area contributed by atoms with E-state index in [4.69, 9.17) is 5.26 Å². The molecule has 0 heterocycles. The van der Waals surface area contributed by atoms with Gasteiger partial charge < -0.3 is 5.32 Å². The number of benzene rings is 1. The number of nitrogens with one attached hydrogen (secondary N) is 1. The Balaban J connectivity index is 1.96. The van der Waals surface area contributed by atoms with Gasteiger partial charge in [-0.25, -0.2) is 4.39 Å². The lowest BCUT2D eigenvalue weighted by Crippen LogP contribution is -2.16. The van der Waals surface area contributed by atoms with Crippen LogP contribution in [0.1, 0.15) is 37.7 Å². The van der Waals surface area contributed by atoms with Crippen LogP contribution in [0.5, 0.6) is 0 Å². The molecule has 0 unspecified atom stereocenters. The molecule has 1 aromatic rings. The average molecular weight is 246 g/mol. The zero-order chi connectivity index (χ0) is 13.0. The molecule has 0 spiro atoms. The molecule has 1 aliphatic rings. The first-order valence-corrected chi connectivity index (χ1v) is 6.18. The lowest BCUT2D eigenvalue weighted by atomic mass is 10.0. The Morgan fingerprint density at radius 3 is 2.78 bits per heavy atom. The van der Waals surface area contributed by atoms with Crippen LogP contribution in [0.25, 0.3) is 0 Å². The number of hydrogen-bond acceptors (Lipinski definition) is 2. The molecule has 2 rings (SSSR count). The third-order valence-electron chi connectivity index (χ3n) is 3.32. The van der Waals surface area contributed by atoms with Crippen LogP contribution in [0.4, 0.5) is 10.1 Å². The molecule has 4 heteroatoms. The highest BCUT2D eigenvalue weighted by molar-refractivity contribution is 5.91. The van der Waals surface area contributed by atoms with Crippen LogP contribution < -0.4 is 5.32 Å². The van der Waals surface area contributed by atoms with E-state index in [1.807, 2.05) is 6.07 Å². The number of halogens is 1. The lowest BCUT2D eigenvalue weighted by Gasteiger charge is -2.10. The molecular formula is C14H15FN2O. The van der Waals surface area contributed by atoms with Gasteiger partial charge in [0.05, 0.1) is 17.3 Å². The SMILES string of the molecule is N#Cc1ccc(NC(=O)CC2CCCC2)c(F)c1. The molecule has 1 saturated carbocycles. The van der Waals surface area contributed by atoms with Crippen molar-refractivity contribution in [1.82, 2.24) is 0 Å². The zero-order valence-corrected chi connectivity index (χ0v) is 10.1. The Morgan fingerprint density at radius 2 is 2.17 bits per heavy atom. The fraction of sp³-hybridized carbons (Fsp3) is 0.429. The first-order chi connectivity index (χ1) is 8.69. The first-order valence-electron chi connectivity index (χ1n) is 6.18. The Morgan fingerprint density at radius 1 is 1.44 bits per heavy atom. The van der Waals surface area contributed by atoms with E-state index in [2.05, 4.69) is 5.32 Å². The molecule has 0 radical (unpaired) electrons. The van der Waals surface area contributed by atoms with E-state index in [-0.39, 0.29) is 17.2 Å². The quantitative estimate of drug-likeness (QED) is 0.890. The fourth-order valence-corrected chi connectivity index (χ4v) is 2.36. The summed E-state index contributed by atoms with van der Waals surface area (Å²) in [6.45, 7) is 0. The van der Waals surface area contributed by atoms with Crippen molar-refractivity contribution in [2.45, 2.75) is 32.1 Å². The number of carbonyl (C=O) groups excluding carboxylic acids is 1. The van der Waals surface area contributed by atoms with Gasteiger partial charge in [0.1, 0.15) is 5.82 Å². The first kappa shape index (κ1) is 12.6. The predicted molar refractivity (Wildman–Crippen MR) is 66.3 cm³/mol. The second kappa shape index (κ2) is 5.63. The molecule has 0 bridgehead atoms. The van der Waals surface area contributed by atoms with Crippen LogP contribution >= 0.6 is 0 Å². The monoisotopic (exact) mass is 246 g/mol. The average Bonchev–Trinajstić information content (AvgIpc) is 2.84. The van der Waals surface area contributed by atoms with Crippen molar-refractivity contribution in [2.75, 3.05) is 5.32 Å². The number of nitrogens with zero attached hydrogens (tertiary/aromatic N) is 1. The molecule has 1 amide bonds. The van der Waals surface area contributed by atoms with Crippen LogP contribution in [0.3, 0.4) is 0 Å². The molecule has 0 saturated heterocycles. The van der Waals surface area contributed by atoms with E-state index >= 15 is 0 Å². The molecule has 1 fully saturated rings. The number of carbonyl (C=O) groups is 1. The number of hydrogen-bond donors (Lipinski definition) is 1. The molecule has 0 aromatic heterocycles. The zero-order valence-electron chi connectivity index (χ0n) is 10.1. The third-order valence-corrected chi connectivity index (χ3v) is 3.32. The maximum absolute atomic E-state index is 13.5. The van der Waals surface area contributed by atoms with Crippen molar-refractivity contribution < 1.29 is 9.18 Å². The minimum Gasteiger partial charge on any atom is -0.324 e. The fourth-order valence-electron chi connectivity index (χ4n) is 2.36. The topological polar surface area (TPSA) is 52.9 Å². The van der Waals surface area contributed by atoms with E-state index in [9.17, 15) is 9.18 Å². The third kappa shape index (κ3) is 3.07. The van der Waals surface area contributed by atoms with Gasteiger partial charge in [-0.15, -0.1) is 0 Å². The minimum absolute atomic E-state index is 0.148. The van der Waals surface area contributed by atoms with Crippen molar-refractivity contribution in [3.63, 3.8) is 0 Å². The van der Waals surface area contributed by atoms with Gasteiger partial charge >= 0.3 is 0 Å². The smallest absolute Gasteiger partial charge is 0.224 e. The Hall–Kier alpha value is -1.89. The Kier molecular flexibility index (Phi) is 3.93. The van der Waals surface area contributed by atoms with Gasteiger partial charge in [0, 0.05) is 6.42 Å². The summed E-state index contributed by atoms with van der Waals surface area (Å²) < 4.78 is 13.5. The molecule has 0 aliphatic heterocycles. The standard InChI is InChI=1S/C14H15FN2O/c15-12-7-11(9-16)5-6-13(12)17-14(18)8-10-3-1-2-4-10/h5-7,10H,1-4,8H2,(H,17,18). The molecule has 18 heavy (non-hydrogen) atoms. The largest absolute Gasteiger partial charge is 0.324 e. The summed E-state index contributed by atoms with van der Waals surface area (Å²) in [5.41, 5.74) is 0.401. The van der Waals surface area contributed by atoms with Gasteiger partial charge in [0.25, 0.3) is 0 Å². The van der Waals surface area contributed by atoms with Gasteiger partial charge in [-0.2, -0.15) is 5.26 Å². The van der Waals surface area contributed by atoms with Crippen LogP contribution in [0.2, 0.25) is 0 Å². The molecular weight excluding hydrogens is 231 g/mol. The van der Waals surface area contributed by atoms with Crippen molar-refractivity contribution in [3.8, 4) is 6.07 Å². The summed E-state index contributed by atoms with van der Waals surface area (Å²) in [6.07, 6.45) is 5.00. The van der Waals surface area contributed by atoms with E-state index < -0.39 is 5.82 Å². The normalized spacial score (nSPS) is 15.3. The predicted octanol–water partition coefficient (Wildman–Crippen LogP) is 3.22. The summed E-state index contributed by atoms with van der Waals surface area (Å²) in [4.78, 5) is 11.7. The highest BCUT2D eigenvalue weighted by Gasteiger charge is 2.19. The maximum Gasteiger partial charge on any atom is 0.224 e. The van der Waals surface area contributed by atoms with Crippen molar-refractivity contribution in [3.05, 3.63) is 29.6 Å². The lowest BCUT2D eigenvalue weighted by molar-refractivity contribution is -0.117. The molecule has 1 N–H and O–H groups in total. The van der Waals surface area contributed by atoms with Crippen LogP contribution in [0, 0.1) is 23.1 Å². The highest BCUT2D eigenvalue weighted by atomic mass is 19.1. The number of amides is 1. The van der Waals surface area contributed by atoms with Crippen LogP contribution in [-0.2, 0) is 4.79 Å². The molecule has 3 nitrogen and oxygen atoms in total. The van der Waals surface area contributed by atoms with Gasteiger partial charge in [-0.3, -0.25) is 4.79 Å². The van der Waals surface area contributed by atoms with E-state index in [0.717, 1.165) is 18.9 Å². The van der Waals surface area contributed by atoms with E-state index in [1.165, 1.54) is 25.0 Å². The summed E-state index contributed by atoms with van der Waals surface area (Å²) in [5.74, 6) is -0.272. The Labute approximate surface area is 106 Å². The second-order valence-electron chi connectivity index (χ2n) is 4.71. The minimum atomic E-state index is -0.561. The molecule has 1 aliphatic carbocycles. The second-order valence-corrected chi connectivity index (χ2v) is 4.71. The number of rotatable bonds is 3. The maximum atomic E-state index is 13.5. The molecule has 1 aromatic carbocycles. The number of nitriles is 1.